The number of hydrogen-bond donors (Lipinski definition) is 1. The number of allylic oxidation sites excluding steroid dienone is 1. The van der Waals surface area contributed by atoms with Crippen LogP contribution in [0.2, 0.25) is 0 Å². The molecule has 2 aliphatic carbocycles. The van der Waals surface area contributed by atoms with Crippen molar-refractivity contribution in [3.8, 4) is 0 Å². The molecule has 0 spiro atoms. The minimum Gasteiger partial charge on any atom is -0.381 e. The van der Waals surface area contributed by atoms with Gasteiger partial charge in [-0.2, -0.15) is 0 Å². The Labute approximate surface area is 110 Å². The maximum Gasteiger partial charge on any atom is 0.111 e. The summed E-state index contributed by atoms with van der Waals surface area (Å²) in [6, 6.07) is 8.47. The van der Waals surface area contributed by atoms with Crippen molar-refractivity contribution < 1.29 is 5.11 Å². The zero-order chi connectivity index (χ0) is 12.6. The summed E-state index contributed by atoms with van der Waals surface area (Å²) in [4.78, 5) is 0. The molecule has 96 valence electrons. The zero-order valence-corrected chi connectivity index (χ0v) is 11.2. The van der Waals surface area contributed by atoms with Crippen LogP contribution >= 0.6 is 0 Å². The summed E-state index contributed by atoms with van der Waals surface area (Å²) in [5.41, 5.74) is 3.10. The van der Waals surface area contributed by atoms with Crippen LogP contribution in [0.15, 0.2) is 35.9 Å². The molecule has 1 N–H and O–H groups in total. The highest BCUT2D eigenvalue weighted by atomic mass is 16.3. The molecule has 1 heteroatoms. The fourth-order valence-corrected chi connectivity index (χ4v) is 3.57. The summed E-state index contributed by atoms with van der Waals surface area (Å²) in [6.45, 7) is 2.27. The summed E-state index contributed by atoms with van der Waals surface area (Å²) >= 11 is 0. The topological polar surface area (TPSA) is 20.2 Å². The van der Waals surface area contributed by atoms with Crippen LogP contribution in [0.3, 0.4) is 0 Å². The van der Waals surface area contributed by atoms with Crippen molar-refractivity contribution in [1.29, 1.82) is 0 Å². The Balaban J connectivity index is 2.08. The zero-order valence-electron chi connectivity index (χ0n) is 11.2. The molecule has 2 atom stereocenters. The van der Waals surface area contributed by atoms with Crippen LogP contribution in [-0.4, -0.2) is 5.11 Å². The molecule has 3 rings (SSSR count). The minimum absolute atomic E-state index is 0.575. The van der Waals surface area contributed by atoms with Gasteiger partial charge in [-0.3, -0.25) is 0 Å². The van der Waals surface area contributed by atoms with Crippen molar-refractivity contribution in [2.45, 2.75) is 57.0 Å². The summed E-state index contributed by atoms with van der Waals surface area (Å²) in [7, 11) is 0. The Kier molecular flexibility index (Phi) is 3.03. The van der Waals surface area contributed by atoms with Gasteiger partial charge in [0.15, 0.2) is 0 Å². The summed E-state index contributed by atoms with van der Waals surface area (Å²) in [5, 5.41) is 11.2. The number of fused-ring (bicyclic) bond motifs is 1. The monoisotopic (exact) mass is 242 g/mol. The van der Waals surface area contributed by atoms with Crippen LogP contribution in [0.1, 0.15) is 62.5 Å². The molecular weight excluding hydrogens is 220 g/mol. The van der Waals surface area contributed by atoms with Gasteiger partial charge in [0.25, 0.3) is 0 Å². The molecule has 0 heterocycles. The van der Waals surface area contributed by atoms with Gasteiger partial charge >= 0.3 is 0 Å². The predicted octanol–water partition coefficient (Wildman–Crippen LogP) is 4.27. The van der Waals surface area contributed by atoms with Crippen molar-refractivity contribution >= 4 is 0 Å². The first-order chi connectivity index (χ1) is 8.72. The average molecular weight is 242 g/mol. The van der Waals surface area contributed by atoms with Crippen LogP contribution < -0.4 is 0 Å². The van der Waals surface area contributed by atoms with E-state index in [2.05, 4.69) is 37.3 Å². The molecule has 0 amide bonds. The second kappa shape index (κ2) is 4.55. The SMILES string of the molecule is CC1CCC(O)(C2=CCCCC2)c2ccccc21. The lowest BCUT2D eigenvalue weighted by atomic mass is 9.69. The molecule has 1 aromatic rings. The largest absolute Gasteiger partial charge is 0.381 e. The van der Waals surface area contributed by atoms with E-state index < -0.39 is 5.60 Å². The molecule has 0 saturated carbocycles. The molecule has 0 fully saturated rings. The molecule has 2 unspecified atom stereocenters. The number of aliphatic hydroxyl groups is 1. The lowest BCUT2D eigenvalue weighted by Crippen LogP contribution is -2.34. The van der Waals surface area contributed by atoms with Crippen LogP contribution in [0.5, 0.6) is 0 Å². The Morgan fingerprint density at radius 2 is 2.06 bits per heavy atom. The van der Waals surface area contributed by atoms with Crippen molar-refractivity contribution in [3.63, 3.8) is 0 Å². The fourth-order valence-electron chi connectivity index (χ4n) is 3.57. The Morgan fingerprint density at radius 3 is 2.83 bits per heavy atom. The molecule has 0 bridgehead atoms. The Bertz CT molecular complexity index is 474. The number of rotatable bonds is 1. The molecular formula is C17H22O. The molecule has 0 aliphatic heterocycles. The smallest absolute Gasteiger partial charge is 0.111 e. The first kappa shape index (κ1) is 12.0. The lowest BCUT2D eigenvalue weighted by molar-refractivity contribution is 0.0484. The van der Waals surface area contributed by atoms with Crippen molar-refractivity contribution in [2.24, 2.45) is 0 Å². The van der Waals surface area contributed by atoms with Gasteiger partial charge in [0, 0.05) is 0 Å². The minimum atomic E-state index is -0.677. The van der Waals surface area contributed by atoms with Gasteiger partial charge in [-0.1, -0.05) is 37.3 Å². The molecule has 2 aliphatic rings. The molecule has 1 aromatic carbocycles. The molecule has 0 radical (unpaired) electrons. The van der Waals surface area contributed by atoms with Gasteiger partial charge in [0.05, 0.1) is 0 Å². The Morgan fingerprint density at radius 1 is 1.22 bits per heavy atom. The predicted molar refractivity (Wildman–Crippen MR) is 74.5 cm³/mol. The number of hydrogen-bond acceptors (Lipinski definition) is 1. The first-order valence-electron chi connectivity index (χ1n) is 7.23. The van der Waals surface area contributed by atoms with Crippen LogP contribution in [0.4, 0.5) is 0 Å². The van der Waals surface area contributed by atoms with Gasteiger partial charge < -0.3 is 5.11 Å². The normalized spacial score (nSPS) is 31.7. The van der Waals surface area contributed by atoms with E-state index in [4.69, 9.17) is 0 Å². The van der Waals surface area contributed by atoms with E-state index in [1.54, 1.807) is 0 Å². The van der Waals surface area contributed by atoms with Gasteiger partial charge in [-0.25, -0.2) is 0 Å². The van der Waals surface area contributed by atoms with Crippen LogP contribution in [0, 0.1) is 0 Å². The van der Waals surface area contributed by atoms with Crippen LogP contribution in [-0.2, 0) is 5.60 Å². The number of benzene rings is 1. The van der Waals surface area contributed by atoms with E-state index in [-0.39, 0.29) is 0 Å². The van der Waals surface area contributed by atoms with Crippen molar-refractivity contribution in [2.75, 3.05) is 0 Å². The van der Waals surface area contributed by atoms with Crippen molar-refractivity contribution in [3.05, 3.63) is 47.0 Å². The van der Waals surface area contributed by atoms with Gasteiger partial charge in [-0.05, 0) is 61.1 Å². The molecule has 0 saturated heterocycles. The first-order valence-corrected chi connectivity index (χ1v) is 7.23. The summed E-state index contributed by atoms with van der Waals surface area (Å²) < 4.78 is 0. The quantitative estimate of drug-likeness (QED) is 0.729. The fraction of sp³-hybridized carbons (Fsp3) is 0.529. The molecule has 18 heavy (non-hydrogen) atoms. The van der Waals surface area contributed by atoms with E-state index in [1.165, 1.54) is 24.0 Å². The van der Waals surface area contributed by atoms with Crippen LogP contribution in [0.25, 0.3) is 0 Å². The van der Waals surface area contributed by atoms with E-state index in [1.807, 2.05) is 0 Å². The highest BCUT2D eigenvalue weighted by Crippen LogP contribution is 2.47. The van der Waals surface area contributed by atoms with Crippen molar-refractivity contribution in [1.82, 2.24) is 0 Å². The lowest BCUT2D eigenvalue weighted by Gasteiger charge is -2.40. The van der Waals surface area contributed by atoms with E-state index in [0.29, 0.717) is 5.92 Å². The third kappa shape index (κ3) is 1.81. The maximum atomic E-state index is 11.2. The van der Waals surface area contributed by atoms with Gasteiger partial charge in [-0.15, -0.1) is 0 Å². The van der Waals surface area contributed by atoms with E-state index in [0.717, 1.165) is 31.2 Å². The third-order valence-electron chi connectivity index (χ3n) is 4.70. The van der Waals surface area contributed by atoms with Gasteiger partial charge in [0.1, 0.15) is 5.60 Å². The highest BCUT2D eigenvalue weighted by molar-refractivity contribution is 5.43. The summed E-state index contributed by atoms with van der Waals surface area (Å²) in [6.07, 6.45) is 8.97. The maximum absolute atomic E-state index is 11.2. The average Bonchev–Trinajstić information content (AvgIpc) is 2.44. The van der Waals surface area contributed by atoms with E-state index >= 15 is 0 Å². The molecule has 1 nitrogen and oxygen atoms in total. The third-order valence-corrected chi connectivity index (χ3v) is 4.70. The van der Waals surface area contributed by atoms with E-state index in [9.17, 15) is 5.11 Å². The summed E-state index contributed by atoms with van der Waals surface area (Å²) in [5.74, 6) is 0.575. The Hall–Kier alpha value is -1.08. The second-order valence-corrected chi connectivity index (χ2v) is 5.86. The highest BCUT2D eigenvalue weighted by Gasteiger charge is 2.39. The standard InChI is InChI=1S/C17H22O/c1-13-11-12-17(18,14-7-3-2-4-8-14)16-10-6-5-9-15(13)16/h5-7,9-10,13,18H,2-4,8,11-12H2,1H3. The van der Waals surface area contributed by atoms with Gasteiger partial charge in [0.2, 0.25) is 0 Å². The molecule has 0 aromatic heterocycles. The second-order valence-electron chi connectivity index (χ2n) is 5.86.